The molecule has 0 fully saturated rings. The first-order chi connectivity index (χ1) is 7.29. The van der Waals surface area contributed by atoms with Gasteiger partial charge in [0.1, 0.15) is 17.6 Å². The zero-order valence-electron chi connectivity index (χ0n) is 7.81. The van der Waals surface area contributed by atoms with Crippen LogP contribution in [0.4, 0.5) is 4.39 Å². The van der Waals surface area contributed by atoms with Crippen molar-refractivity contribution in [2.75, 3.05) is 0 Å². The van der Waals surface area contributed by atoms with Crippen LogP contribution in [0.1, 0.15) is 5.69 Å². The number of aromatic nitrogens is 1. The molecule has 2 rings (SSSR count). The van der Waals surface area contributed by atoms with Crippen molar-refractivity contribution in [2.45, 2.75) is 0 Å². The Morgan fingerprint density at radius 2 is 1.67 bits per heavy atom. The maximum atomic E-state index is 12.7. The van der Waals surface area contributed by atoms with Crippen LogP contribution in [0.25, 0.3) is 11.1 Å². The summed E-state index contributed by atoms with van der Waals surface area (Å²) in [5.74, 6) is -0.264. The lowest BCUT2D eigenvalue weighted by Crippen LogP contribution is -1.84. The van der Waals surface area contributed by atoms with Gasteiger partial charge in [-0.15, -0.1) is 0 Å². The van der Waals surface area contributed by atoms with Gasteiger partial charge in [-0.05, 0) is 29.8 Å². The fourth-order valence-electron chi connectivity index (χ4n) is 1.27. The summed E-state index contributed by atoms with van der Waals surface area (Å²) in [5, 5.41) is 8.57. The second-order valence-electron chi connectivity index (χ2n) is 3.05. The largest absolute Gasteiger partial charge is 0.245 e. The van der Waals surface area contributed by atoms with Gasteiger partial charge in [0.15, 0.2) is 0 Å². The van der Waals surface area contributed by atoms with Crippen LogP contribution in [0.15, 0.2) is 42.6 Å². The molecule has 1 aromatic carbocycles. The van der Waals surface area contributed by atoms with E-state index in [2.05, 4.69) is 4.98 Å². The highest BCUT2D eigenvalue weighted by atomic mass is 19.1. The molecule has 0 amide bonds. The van der Waals surface area contributed by atoms with Crippen LogP contribution in [0.2, 0.25) is 0 Å². The Balaban J connectivity index is 2.38. The predicted molar refractivity (Wildman–Crippen MR) is 54.3 cm³/mol. The molecule has 2 nitrogen and oxygen atoms in total. The topological polar surface area (TPSA) is 36.7 Å². The summed E-state index contributed by atoms with van der Waals surface area (Å²) >= 11 is 0. The lowest BCUT2D eigenvalue weighted by atomic mass is 10.1. The fourth-order valence-corrected chi connectivity index (χ4v) is 1.27. The molecular weight excluding hydrogens is 191 g/mol. The zero-order valence-corrected chi connectivity index (χ0v) is 7.81. The van der Waals surface area contributed by atoms with Crippen LogP contribution in [0, 0.1) is 17.1 Å². The molecular formula is C12H7FN2. The minimum atomic E-state index is -0.264. The zero-order chi connectivity index (χ0) is 10.7. The summed E-state index contributed by atoms with van der Waals surface area (Å²) in [6, 6.07) is 11.5. The van der Waals surface area contributed by atoms with E-state index in [0.717, 1.165) is 11.1 Å². The molecule has 0 unspecified atom stereocenters. The lowest BCUT2D eigenvalue weighted by molar-refractivity contribution is 0.628. The molecule has 0 atom stereocenters. The fraction of sp³-hybridized carbons (Fsp3) is 0. The van der Waals surface area contributed by atoms with Crippen LogP contribution in [-0.2, 0) is 0 Å². The Morgan fingerprint density at radius 1 is 1.00 bits per heavy atom. The minimum Gasteiger partial charge on any atom is -0.245 e. The Labute approximate surface area is 86.6 Å². The normalized spacial score (nSPS) is 9.60. The van der Waals surface area contributed by atoms with Gasteiger partial charge in [-0.25, -0.2) is 9.37 Å². The van der Waals surface area contributed by atoms with Crippen LogP contribution in [0.3, 0.4) is 0 Å². The number of hydrogen-bond acceptors (Lipinski definition) is 2. The monoisotopic (exact) mass is 198 g/mol. The SMILES string of the molecule is N#Cc1ccc(-c2ccc(F)cc2)cn1. The first kappa shape index (κ1) is 9.35. The maximum Gasteiger partial charge on any atom is 0.140 e. The molecule has 0 radical (unpaired) electrons. The third-order valence-electron chi connectivity index (χ3n) is 2.06. The third-order valence-corrected chi connectivity index (χ3v) is 2.06. The van der Waals surface area contributed by atoms with Crippen molar-refractivity contribution >= 4 is 0 Å². The van der Waals surface area contributed by atoms with Crippen LogP contribution in [0.5, 0.6) is 0 Å². The summed E-state index contributed by atoms with van der Waals surface area (Å²) in [5.41, 5.74) is 2.13. The minimum absolute atomic E-state index is 0.264. The number of rotatable bonds is 1. The van der Waals surface area contributed by atoms with Crippen molar-refractivity contribution in [1.29, 1.82) is 5.26 Å². The van der Waals surface area contributed by atoms with Gasteiger partial charge in [0.05, 0.1) is 0 Å². The van der Waals surface area contributed by atoms with Gasteiger partial charge >= 0.3 is 0 Å². The molecule has 1 heterocycles. The van der Waals surface area contributed by atoms with E-state index in [-0.39, 0.29) is 5.82 Å². The van der Waals surface area contributed by atoms with Crippen molar-refractivity contribution in [2.24, 2.45) is 0 Å². The van der Waals surface area contributed by atoms with Crippen molar-refractivity contribution in [3.05, 3.63) is 54.1 Å². The Bertz CT molecular complexity index is 495. The first-order valence-electron chi connectivity index (χ1n) is 4.42. The summed E-state index contributed by atoms with van der Waals surface area (Å²) in [4.78, 5) is 3.94. The molecule has 0 saturated heterocycles. The summed E-state index contributed by atoms with van der Waals surface area (Å²) in [6.07, 6.45) is 1.60. The Morgan fingerprint density at radius 3 is 2.20 bits per heavy atom. The first-order valence-corrected chi connectivity index (χ1v) is 4.42. The average Bonchev–Trinajstić information content (AvgIpc) is 2.30. The number of halogens is 1. The highest BCUT2D eigenvalue weighted by molar-refractivity contribution is 5.62. The molecule has 15 heavy (non-hydrogen) atoms. The van der Waals surface area contributed by atoms with E-state index in [4.69, 9.17) is 5.26 Å². The number of nitriles is 1. The number of nitrogens with zero attached hydrogens (tertiary/aromatic N) is 2. The average molecular weight is 198 g/mol. The van der Waals surface area contributed by atoms with Crippen molar-refractivity contribution in [1.82, 2.24) is 4.98 Å². The van der Waals surface area contributed by atoms with Crippen molar-refractivity contribution < 1.29 is 4.39 Å². The number of benzene rings is 1. The van der Waals surface area contributed by atoms with Gasteiger partial charge in [0.25, 0.3) is 0 Å². The lowest BCUT2D eigenvalue weighted by Gasteiger charge is -2.00. The van der Waals surface area contributed by atoms with E-state index in [0.29, 0.717) is 5.69 Å². The van der Waals surface area contributed by atoms with Gasteiger partial charge in [0, 0.05) is 11.8 Å². The molecule has 72 valence electrons. The maximum absolute atomic E-state index is 12.7. The van der Waals surface area contributed by atoms with Crippen LogP contribution < -0.4 is 0 Å². The summed E-state index contributed by atoms with van der Waals surface area (Å²) in [6.45, 7) is 0. The molecule has 0 aliphatic heterocycles. The molecule has 0 aliphatic rings. The van der Waals surface area contributed by atoms with E-state index in [1.165, 1.54) is 12.1 Å². The van der Waals surface area contributed by atoms with E-state index in [9.17, 15) is 4.39 Å². The van der Waals surface area contributed by atoms with E-state index in [1.54, 1.807) is 30.5 Å². The second-order valence-corrected chi connectivity index (χ2v) is 3.05. The van der Waals surface area contributed by atoms with Gasteiger partial charge in [-0.3, -0.25) is 0 Å². The second kappa shape index (κ2) is 3.89. The van der Waals surface area contributed by atoms with Crippen molar-refractivity contribution in [3.63, 3.8) is 0 Å². The van der Waals surface area contributed by atoms with Gasteiger partial charge in [0.2, 0.25) is 0 Å². The highest BCUT2D eigenvalue weighted by Crippen LogP contribution is 2.18. The Hall–Kier alpha value is -2.21. The van der Waals surface area contributed by atoms with Crippen LogP contribution >= 0.6 is 0 Å². The van der Waals surface area contributed by atoms with E-state index < -0.39 is 0 Å². The number of pyridine rings is 1. The molecule has 0 spiro atoms. The highest BCUT2D eigenvalue weighted by Gasteiger charge is 1.98. The molecule has 2 aromatic rings. The summed E-state index contributed by atoms with van der Waals surface area (Å²) < 4.78 is 12.7. The van der Waals surface area contributed by atoms with Gasteiger partial charge < -0.3 is 0 Å². The predicted octanol–water partition coefficient (Wildman–Crippen LogP) is 2.76. The van der Waals surface area contributed by atoms with Gasteiger partial charge in [-0.1, -0.05) is 12.1 Å². The summed E-state index contributed by atoms with van der Waals surface area (Å²) in [7, 11) is 0. The molecule has 0 aliphatic carbocycles. The molecule has 0 N–H and O–H groups in total. The molecule has 0 bridgehead atoms. The van der Waals surface area contributed by atoms with E-state index in [1.807, 2.05) is 6.07 Å². The van der Waals surface area contributed by atoms with Crippen molar-refractivity contribution in [3.8, 4) is 17.2 Å². The molecule has 3 heteroatoms. The van der Waals surface area contributed by atoms with Gasteiger partial charge in [-0.2, -0.15) is 5.26 Å². The van der Waals surface area contributed by atoms with E-state index >= 15 is 0 Å². The third kappa shape index (κ3) is 2.00. The van der Waals surface area contributed by atoms with Crippen LogP contribution in [-0.4, -0.2) is 4.98 Å². The number of hydrogen-bond donors (Lipinski definition) is 0. The molecule has 0 saturated carbocycles. The smallest absolute Gasteiger partial charge is 0.140 e. The Kier molecular flexibility index (Phi) is 2.42. The standard InChI is InChI=1S/C12H7FN2/c13-11-4-1-9(2-5-11)10-3-6-12(7-14)15-8-10/h1-6,8H. The molecule has 1 aromatic heterocycles. The quantitative estimate of drug-likeness (QED) is 0.706.